The Hall–Kier alpha value is -2.39. The molecule has 9 heteroatoms. The molecule has 0 bridgehead atoms. The minimum absolute atomic E-state index is 0.151. The highest BCUT2D eigenvalue weighted by Crippen LogP contribution is 2.40. The molecule has 1 aliphatic heterocycles. The highest BCUT2D eigenvalue weighted by molar-refractivity contribution is 9.10. The van der Waals surface area contributed by atoms with Crippen LogP contribution in [0.4, 0.5) is 4.79 Å². The van der Waals surface area contributed by atoms with Crippen molar-refractivity contribution in [2.45, 2.75) is 31.8 Å². The second-order valence-corrected chi connectivity index (χ2v) is 8.13. The van der Waals surface area contributed by atoms with Gasteiger partial charge in [-0.3, -0.25) is 9.69 Å². The van der Waals surface area contributed by atoms with E-state index in [0.717, 1.165) is 33.8 Å². The zero-order valence-electron chi connectivity index (χ0n) is 15.1. The quantitative estimate of drug-likeness (QED) is 0.644. The Morgan fingerprint density at radius 3 is 2.86 bits per heavy atom. The maximum absolute atomic E-state index is 13.3. The number of pyridine rings is 1. The number of oxazole rings is 1. The van der Waals surface area contributed by atoms with Gasteiger partial charge in [-0.2, -0.15) is 0 Å². The number of hydrogen-bond acceptors (Lipinski definition) is 5. The minimum Gasteiger partial charge on any atom is -0.465 e. The molecule has 28 heavy (non-hydrogen) atoms. The molecule has 1 atom stereocenters. The highest BCUT2D eigenvalue weighted by atomic mass is 79.9. The number of carboxylic acid groups (broad SMARTS) is 1. The molecule has 1 aliphatic carbocycles. The molecule has 3 heterocycles. The lowest BCUT2D eigenvalue weighted by atomic mass is 10.1. The van der Waals surface area contributed by atoms with Crippen LogP contribution in [0.5, 0.6) is 0 Å². The topological polar surface area (TPSA) is 97.8 Å². The molecule has 1 amide bonds. The van der Waals surface area contributed by atoms with E-state index >= 15 is 0 Å². The smallest absolute Gasteiger partial charge is 0.408 e. The molecule has 3 aromatic rings. The zero-order valence-corrected chi connectivity index (χ0v) is 16.7. The third-order valence-electron chi connectivity index (χ3n) is 5.49. The standard InChI is InChI=1S/C19H18BrN3O5/c1-9-12(20)5-4-11-15(9)23(10-2-3-10)18(24)14-16(11)28-17(21-14)13-8-27-7-6-22(13)19(25)26/h4-5,10,13H,2-3,6-8H2,1H3,(H,25,26)/t13-/m0/s1. The van der Waals surface area contributed by atoms with Gasteiger partial charge in [0.1, 0.15) is 6.04 Å². The Morgan fingerprint density at radius 1 is 1.36 bits per heavy atom. The molecule has 0 unspecified atom stereocenters. The van der Waals surface area contributed by atoms with Crippen molar-refractivity contribution in [2.75, 3.05) is 19.8 Å². The number of nitrogens with zero attached hydrogens (tertiary/aromatic N) is 3. The first-order valence-corrected chi connectivity index (χ1v) is 9.97. The third kappa shape index (κ3) is 2.56. The fourth-order valence-electron chi connectivity index (χ4n) is 3.91. The number of ether oxygens (including phenoxy) is 1. The zero-order chi connectivity index (χ0) is 19.6. The number of halogens is 1. The van der Waals surface area contributed by atoms with Crippen molar-refractivity contribution >= 4 is 44.0 Å². The number of fused-ring (bicyclic) bond motifs is 3. The molecule has 1 saturated heterocycles. The summed E-state index contributed by atoms with van der Waals surface area (Å²) in [5.41, 5.74) is 2.26. The summed E-state index contributed by atoms with van der Waals surface area (Å²) < 4.78 is 14.2. The van der Waals surface area contributed by atoms with Gasteiger partial charge in [0.25, 0.3) is 5.56 Å². The Morgan fingerprint density at radius 2 is 2.14 bits per heavy atom. The molecule has 1 N–H and O–H groups in total. The first-order valence-electron chi connectivity index (χ1n) is 9.18. The van der Waals surface area contributed by atoms with Crippen LogP contribution in [0.3, 0.4) is 0 Å². The van der Waals surface area contributed by atoms with E-state index in [4.69, 9.17) is 9.15 Å². The molecular formula is C19H18BrN3O5. The second kappa shape index (κ2) is 6.31. The van der Waals surface area contributed by atoms with Gasteiger partial charge in [0, 0.05) is 22.4 Å². The highest BCUT2D eigenvalue weighted by Gasteiger charge is 2.34. The minimum atomic E-state index is -1.06. The maximum Gasteiger partial charge on any atom is 0.408 e. The van der Waals surface area contributed by atoms with Crippen molar-refractivity contribution in [1.82, 2.24) is 14.5 Å². The van der Waals surface area contributed by atoms with Gasteiger partial charge in [0.2, 0.25) is 5.89 Å². The second-order valence-electron chi connectivity index (χ2n) is 7.27. The first kappa shape index (κ1) is 17.7. The predicted molar refractivity (Wildman–Crippen MR) is 105 cm³/mol. The van der Waals surface area contributed by atoms with Crippen molar-refractivity contribution in [3.05, 3.63) is 38.4 Å². The first-order chi connectivity index (χ1) is 13.5. The maximum atomic E-state index is 13.3. The van der Waals surface area contributed by atoms with Gasteiger partial charge in [0.05, 0.1) is 18.7 Å². The van der Waals surface area contributed by atoms with E-state index in [1.54, 1.807) is 0 Å². The normalized spacial score (nSPS) is 20.2. The van der Waals surface area contributed by atoms with E-state index in [9.17, 15) is 14.7 Å². The van der Waals surface area contributed by atoms with Crippen LogP contribution in [0.1, 0.15) is 36.4 Å². The Bertz CT molecular complexity index is 1180. The van der Waals surface area contributed by atoms with Crippen LogP contribution in [0.15, 0.2) is 25.8 Å². The third-order valence-corrected chi connectivity index (χ3v) is 6.35. The summed E-state index contributed by atoms with van der Waals surface area (Å²) in [6.45, 7) is 2.68. The molecule has 146 valence electrons. The lowest BCUT2D eigenvalue weighted by Gasteiger charge is -2.31. The predicted octanol–water partition coefficient (Wildman–Crippen LogP) is 3.60. The van der Waals surface area contributed by atoms with Crippen molar-refractivity contribution in [3.63, 3.8) is 0 Å². The number of amides is 1. The van der Waals surface area contributed by atoms with Crippen molar-refractivity contribution < 1.29 is 19.1 Å². The summed E-state index contributed by atoms with van der Waals surface area (Å²) >= 11 is 3.55. The van der Waals surface area contributed by atoms with E-state index in [-0.39, 0.29) is 36.2 Å². The Kier molecular flexibility index (Phi) is 3.99. The summed E-state index contributed by atoms with van der Waals surface area (Å²) in [6, 6.07) is 3.34. The van der Waals surface area contributed by atoms with Crippen LogP contribution >= 0.6 is 15.9 Å². The molecule has 5 rings (SSSR count). The summed E-state index contributed by atoms with van der Waals surface area (Å²) in [5.74, 6) is 0.199. The molecule has 8 nitrogen and oxygen atoms in total. The molecule has 0 radical (unpaired) electrons. The number of benzene rings is 1. The van der Waals surface area contributed by atoms with E-state index < -0.39 is 12.1 Å². The van der Waals surface area contributed by atoms with E-state index in [2.05, 4.69) is 20.9 Å². The molecule has 1 aromatic carbocycles. The Balaban J connectivity index is 1.79. The van der Waals surface area contributed by atoms with Crippen LogP contribution in [-0.4, -0.2) is 45.4 Å². The number of carbonyl (C=O) groups is 1. The van der Waals surface area contributed by atoms with Crippen molar-refractivity contribution in [2.24, 2.45) is 0 Å². The number of rotatable bonds is 2. The fraction of sp³-hybridized carbons (Fsp3) is 0.421. The van der Waals surface area contributed by atoms with Gasteiger partial charge >= 0.3 is 6.09 Å². The average Bonchev–Trinajstić information content (AvgIpc) is 3.42. The van der Waals surface area contributed by atoms with Gasteiger partial charge in [-0.15, -0.1) is 0 Å². The largest absolute Gasteiger partial charge is 0.465 e. The molecular weight excluding hydrogens is 430 g/mol. The molecule has 0 spiro atoms. The molecule has 2 aliphatic rings. The molecule has 2 fully saturated rings. The van der Waals surface area contributed by atoms with E-state index in [1.165, 1.54) is 4.90 Å². The summed E-state index contributed by atoms with van der Waals surface area (Å²) in [6.07, 6.45) is 0.858. The summed E-state index contributed by atoms with van der Waals surface area (Å²) in [4.78, 5) is 30.6. The number of hydrogen-bond donors (Lipinski definition) is 1. The van der Waals surface area contributed by atoms with Gasteiger partial charge in [-0.05, 0) is 37.5 Å². The van der Waals surface area contributed by atoms with Gasteiger partial charge < -0.3 is 18.8 Å². The van der Waals surface area contributed by atoms with Gasteiger partial charge in [-0.1, -0.05) is 15.9 Å². The molecule has 1 saturated carbocycles. The number of aromatic nitrogens is 2. The van der Waals surface area contributed by atoms with E-state index in [1.807, 2.05) is 23.6 Å². The molecule has 2 aromatic heterocycles. The van der Waals surface area contributed by atoms with Crippen molar-refractivity contribution in [1.29, 1.82) is 0 Å². The van der Waals surface area contributed by atoms with Crippen molar-refractivity contribution in [3.8, 4) is 0 Å². The number of morpholine rings is 1. The number of aryl methyl sites for hydroxylation is 1. The van der Waals surface area contributed by atoms with Crippen LogP contribution in [-0.2, 0) is 4.74 Å². The van der Waals surface area contributed by atoms with Crippen LogP contribution in [0, 0.1) is 6.92 Å². The van der Waals surface area contributed by atoms with Crippen LogP contribution in [0.25, 0.3) is 22.0 Å². The van der Waals surface area contributed by atoms with E-state index in [0.29, 0.717) is 12.2 Å². The van der Waals surface area contributed by atoms with Gasteiger partial charge in [0.15, 0.2) is 11.1 Å². The fourth-order valence-corrected chi connectivity index (χ4v) is 4.23. The lowest BCUT2D eigenvalue weighted by Crippen LogP contribution is -2.42. The lowest BCUT2D eigenvalue weighted by molar-refractivity contribution is -0.00909. The SMILES string of the molecule is Cc1c(Br)ccc2c3oc([C@@H]4COCCN4C(=O)O)nc3c(=O)n(C3CC3)c12. The summed E-state index contributed by atoms with van der Waals surface area (Å²) in [7, 11) is 0. The average molecular weight is 448 g/mol. The van der Waals surface area contributed by atoms with Crippen LogP contribution in [0.2, 0.25) is 0 Å². The monoisotopic (exact) mass is 447 g/mol. The van der Waals surface area contributed by atoms with Crippen LogP contribution < -0.4 is 5.56 Å². The Labute approximate surface area is 167 Å². The summed E-state index contributed by atoms with van der Waals surface area (Å²) in [5, 5.41) is 10.3. The van der Waals surface area contributed by atoms with Gasteiger partial charge in [-0.25, -0.2) is 9.78 Å².